The van der Waals surface area contributed by atoms with Crippen molar-refractivity contribution < 1.29 is 41.4 Å². The number of nitrogens with zero attached hydrogens (tertiary/aromatic N) is 6. The average Bonchev–Trinajstić information content (AvgIpc) is 3.35. The van der Waals surface area contributed by atoms with E-state index < -0.39 is 81.7 Å². The Kier molecular flexibility index (Phi) is 5.98. The van der Waals surface area contributed by atoms with E-state index in [9.17, 15) is 41.4 Å². The minimum atomic E-state index is -4.93. The third-order valence-corrected chi connectivity index (χ3v) is 5.89. The zero-order valence-corrected chi connectivity index (χ0v) is 19.0. The Labute approximate surface area is 203 Å². The molecule has 0 aliphatic carbocycles. The fourth-order valence-electron chi connectivity index (χ4n) is 3.81. The van der Waals surface area contributed by atoms with E-state index in [-0.39, 0.29) is 4.90 Å². The van der Waals surface area contributed by atoms with Crippen LogP contribution in [0.3, 0.4) is 0 Å². The van der Waals surface area contributed by atoms with Crippen molar-refractivity contribution in [3.63, 3.8) is 0 Å². The number of imide groups is 1. The summed E-state index contributed by atoms with van der Waals surface area (Å²) in [7, 11) is 2.33. The van der Waals surface area contributed by atoms with Crippen LogP contribution in [0.4, 0.5) is 43.0 Å². The number of carboxylic acid groups (broad SMARTS) is 1. The lowest BCUT2D eigenvalue weighted by Crippen LogP contribution is -2.47. The Morgan fingerprint density at radius 2 is 1.92 bits per heavy atom. The number of aryl methyl sites for hydroxylation is 1. The smallest absolute Gasteiger partial charge is 0.418 e. The summed E-state index contributed by atoms with van der Waals surface area (Å²) in [6, 6.07) is -0.968. The molecular weight excluding hydrogens is 519 g/mol. The first-order valence-corrected chi connectivity index (χ1v) is 10.3. The lowest BCUT2D eigenvalue weighted by molar-refractivity contribution is -0.136. The number of amides is 4. The van der Waals surface area contributed by atoms with Crippen molar-refractivity contribution in [2.45, 2.75) is 12.2 Å². The van der Waals surface area contributed by atoms with Crippen molar-refractivity contribution in [2.75, 3.05) is 23.4 Å². The second-order valence-corrected chi connectivity index (χ2v) is 8.08. The van der Waals surface area contributed by atoms with Crippen LogP contribution >= 0.6 is 11.6 Å². The van der Waals surface area contributed by atoms with Crippen LogP contribution in [0.1, 0.15) is 5.56 Å². The second-order valence-electron chi connectivity index (χ2n) is 7.71. The number of anilines is 2. The number of carbonyl (C=O) groups is 3. The number of hydrogen-bond donors (Lipinski definition) is 1. The topological polar surface area (TPSA) is 112 Å². The summed E-state index contributed by atoms with van der Waals surface area (Å²) in [6.45, 7) is -0.808. The monoisotopic (exact) mass is 532 g/mol. The summed E-state index contributed by atoms with van der Waals surface area (Å²) >= 11 is 5.56. The Bertz CT molecular complexity index is 1430. The quantitative estimate of drug-likeness (QED) is 0.405. The zero-order chi connectivity index (χ0) is 26.7. The highest BCUT2D eigenvalue weighted by molar-refractivity contribution is 6.31. The number of aromatic nitrogens is 3. The van der Waals surface area contributed by atoms with Crippen LogP contribution in [0.5, 0.6) is 0 Å². The fourth-order valence-corrected chi connectivity index (χ4v) is 3.97. The van der Waals surface area contributed by atoms with E-state index in [0.29, 0.717) is 15.9 Å². The molecule has 36 heavy (non-hydrogen) atoms. The summed E-state index contributed by atoms with van der Waals surface area (Å²) in [5.41, 5.74) is -2.58. The first-order valence-electron chi connectivity index (χ1n) is 9.88. The number of hydrogen-bond acceptors (Lipinski definition) is 5. The van der Waals surface area contributed by atoms with E-state index in [4.69, 9.17) is 11.6 Å². The molecule has 1 aliphatic heterocycles. The number of carbonyl (C=O) groups excluding carboxylic acids is 2. The number of pyridine rings is 1. The molecule has 4 rings (SSSR count). The maximum absolute atomic E-state index is 14.5. The number of benzene rings is 1. The Hall–Kier alpha value is -4.01. The molecule has 10 nitrogen and oxygen atoms in total. The van der Waals surface area contributed by atoms with Gasteiger partial charge in [0.15, 0.2) is 11.5 Å². The van der Waals surface area contributed by atoms with Gasteiger partial charge in [-0.1, -0.05) is 11.6 Å². The average molecular weight is 533 g/mol. The van der Waals surface area contributed by atoms with Gasteiger partial charge in [0.05, 0.1) is 29.6 Å². The van der Waals surface area contributed by atoms with Crippen molar-refractivity contribution in [2.24, 2.45) is 7.05 Å². The van der Waals surface area contributed by atoms with E-state index >= 15 is 0 Å². The van der Waals surface area contributed by atoms with Gasteiger partial charge >= 0.3 is 18.3 Å². The first-order chi connectivity index (χ1) is 16.7. The molecule has 0 saturated carbocycles. The molecule has 1 aliphatic rings. The SMILES string of the molecule is CN(C(=O)C1CN(C(=O)O)C(=O)N1c1cc(C(F)(F)F)c2c(ncn2C)n1)c1ccc(F)c(Cl)c1F. The van der Waals surface area contributed by atoms with Gasteiger partial charge in [-0.3, -0.25) is 9.69 Å². The third-order valence-electron chi connectivity index (χ3n) is 5.55. The number of likely N-dealkylation sites (N-methyl/N-ethyl adjacent to an activating group) is 1. The van der Waals surface area contributed by atoms with Gasteiger partial charge in [0, 0.05) is 14.1 Å². The van der Waals surface area contributed by atoms with Gasteiger partial charge in [-0.2, -0.15) is 13.2 Å². The predicted molar refractivity (Wildman–Crippen MR) is 115 cm³/mol. The van der Waals surface area contributed by atoms with Crippen molar-refractivity contribution in [1.29, 1.82) is 0 Å². The van der Waals surface area contributed by atoms with Crippen molar-refractivity contribution >= 4 is 52.3 Å². The minimum Gasteiger partial charge on any atom is -0.465 e. The number of rotatable bonds is 3. The van der Waals surface area contributed by atoms with Crippen LogP contribution in [-0.2, 0) is 18.0 Å². The van der Waals surface area contributed by atoms with Gasteiger partial charge in [0.1, 0.15) is 22.7 Å². The van der Waals surface area contributed by atoms with Gasteiger partial charge in [-0.15, -0.1) is 0 Å². The van der Waals surface area contributed by atoms with Crippen LogP contribution in [0.25, 0.3) is 11.2 Å². The molecule has 1 fully saturated rings. The standard InChI is InChI=1S/C20H14ClF5N6O4/c1-29-7-27-16-15(29)8(20(24,25)26)5-12(28-16)32-11(6-31(18(32)34)19(35)36)17(33)30(2)10-4-3-9(22)13(21)14(10)23/h3-5,7,11H,6H2,1-2H3,(H,35,36). The zero-order valence-electron chi connectivity index (χ0n) is 18.2. The molecule has 3 heterocycles. The van der Waals surface area contributed by atoms with Gasteiger partial charge in [-0.25, -0.2) is 33.2 Å². The third kappa shape index (κ3) is 3.94. The normalized spacial score (nSPS) is 16.2. The summed E-state index contributed by atoms with van der Waals surface area (Å²) in [5, 5.41) is 8.47. The van der Waals surface area contributed by atoms with E-state index in [0.717, 1.165) is 30.1 Å². The number of imidazole rings is 1. The molecular formula is C20H14ClF5N6O4. The summed E-state index contributed by atoms with van der Waals surface area (Å²) in [6.07, 6.45) is -5.65. The van der Waals surface area contributed by atoms with Crippen molar-refractivity contribution in [3.05, 3.63) is 46.7 Å². The molecule has 1 N–H and O–H groups in total. The Morgan fingerprint density at radius 3 is 2.53 bits per heavy atom. The van der Waals surface area contributed by atoms with E-state index in [1.54, 1.807) is 0 Å². The molecule has 0 radical (unpaired) electrons. The highest BCUT2D eigenvalue weighted by atomic mass is 35.5. The summed E-state index contributed by atoms with van der Waals surface area (Å²) < 4.78 is 70.6. The van der Waals surface area contributed by atoms with E-state index in [1.165, 1.54) is 7.05 Å². The Morgan fingerprint density at radius 1 is 1.25 bits per heavy atom. The molecule has 1 aromatic carbocycles. The molecule has 16 heteroatoms. The molecule has 4 amide bonds. The molecule has 1 saturated heterocycles. The molecule has 0 spiro atoms. The summed E-state index contributed by atoms with van der Waals surface area (Å²) in [4.78, 5) is 46.8. The van der Waals surface area contributed by atoms with Gasteiger partial charge in [0.25, 0.3) is 5.91 Å². The molecule has 1 unspecified atom stereocenters. The lowest BCUT2D eigenvalue weighted by Gasteiger charge is -2.27. The highest BCUT2D eigenvalue weighted by Crippen LogP contribution is 2.38. The van der Waals surface area contributed by atoms with Crippen LogP contribution in [0.15, 0.2) is 24.5 Å². The molecule has 3 aromatic rings. The van der Waals surface area contributed by atoms with Crippen LogP contribution in [-0.4, -0.2) is 62.2 Å². The number of alkyl halides is 3. The van der Waals surface area contributed by atoms with Gasteiger partial charge in [0.2, 0.25) is 0 Å². The molecule has 190 valence electrons. The Balaban J connectivity index is 1.85. The predicted octanol–water partition coefficient (Wildman–Crippen LogP) is 3.87. The molecule has 0 bridgehead atoms. The first kappa shape index (κ1) is 25.1. The van der Waals surface area contributed by atoms with Gasteiger partial charge in [-0.05, 0) is 18.2 Å². The van der Waals surface area contributed by atoms with Crippen molar-refractivity contribution in [3.8, 4) is 0 Å². The molecule has 1 atom stereocenters. The fraction of sp³-hybridized carbons (Fsp3) is 0.250. The minimum absolute atomic E-state index is 0.196. The van der Waals surface area contributed by atoms with Gasteiger partial charge < -0.3 is 14.6 Å². The van der Waals surface area contributed by atoms with Crippen molar-refractivity contribution in [1.82, 2.24) is 19.4 Å². The largest absolute Gasteiger partial charge is 0.465 e. The number of urea groups is 1. The van der Waals surface area contributed by atoms with Crippen LogP contribution in [0.2, 0.25) is 5.02 Å². The van der Waals surface area contributed by atoms with E-state index in [2.05, 4.69) is 9.97 Å². The maximum atomic E-state index is 14.5. The maximum Gasteiger partial charge on any atom is 0.418 e. The van der Waals surface area contributed by atoms with Crippen LogP contribution < -0.4 is 9.80 Å². The summed E-state index contributed by atoms with van der Waals surface area (Å²) in [5.74, 6) is -4.23. The highest BCUT2D eigenvalue weighted by Gasteiger charge is 2.48. The molecule has 2 aromatic heterocycles. The van der Waals surface area contributed by atoms with E-state index in [1.807, 2.05) is 0 Å². The number of halogens is 6. The van der Waals surface area contributed by atoms with Crippen LogP contribution in [0, 0.1) is 11.6 Å². The lowest BCUT2D eigenvalue weighted by atomic mass is 10.1. The number of fused-ring (bicyclic) bond motifs is 1. The second kappa shape index (κ2) is 8.58.